The third-order valence-corrected chi connectivity index (χ3v) is 6.91. The Morgan fingerprint density at radius 2 is 1.55 bits per heavy atom. The van der Waals surface area contributed by atoms with Crippen molar-refractivity contribution in [3.05, 3.63) is 100 Å². The fourth-order valence-electron chi connectivity index (χ4n) is 5.06. The maximum atomic E-state index is 14.0. The van der Waals surface area contributed by atoms with E-state index in [9.17, 15) is 23.5 Å². The summed E-state index contributed by atoms with van der Waals surface area (Å²) in [6.45, 7) is 10.1. The molecule has 0 aliphatic heterocycles. The highest BCUT2D eigenvalue weighted by atomic mass is 19.1. The number of aliphatic hydroxyl groups is 1. The number of benzene rings is 3. The van der Waals surface area contributed by atoms with E-state index >= 15 is 0 Å². The van der Waals surface area contributed by atoms with Gasteiger partial charge in [-0.1, -0.05) is 12.1 Å². The Balaban J connectivity index is 1.82. The maximum Gasteiger partial charge on any atom is 0.254 e. The summed E-state index contributed by atoms with van der Waals surface area (Å²) in [7, 11) is 1.58. The molecule has 3 aromatic carbocycles. The van der Waals surface area contributed by atoms with Gasteiger partial charge in [0.25, 0.3) is 11.8 Å². The Morgan fingerprint density at radius 3 is 2.17 bits per heavy atom. The normalized spacial score (nSPS) is 12.7. The second-order valence-corrected chi connectivity index (χ2v) is 11.1. The summed E-state index contributed by atoms with van der Waals surface area (Å²) in [4.78, 5) is 28.6. The fraction of sp³-hybridized carbons (Fsp3) is 0.394. The average Bonchev–Trinajstić information content (AvgIpc) is 2.91. The second kappa shape index (κ2) is 14.9. The number of hydrogen-bond donors (Lipinski definition) is 3. The van der Waals surface area contributed by atoms with Crippen LogP contribution in [0.1, 0.15) is 65.1 Å². The number of nitrogens with zero attached hydrogens (tertiary/aromatic N) is 1. The Labute approximate surface area is 246 Å². The van der Waals surface area contributed by atoms with Crippen molar-refractivity contribution in [3.8, 4) is 5.75 Å². The van der Waals surface area contributed by atoms with E-state index in [2.05, 4.69) is 10.6 Å². The number of halogens is 2. The number of aliphatic hydroxyl groups excluding tert-OH is 1. The molecule has 42 heavy (non-hydrogen) atoms. The molecule has 0 aromatic heterocycles. The fourth-order valence-corrected chi connectivity index (χ4v) is 5.06. The van der Waals surface area contributed by atoms with Crippen molar-refractivity contribution in [3.63, 3.8) is 0 Å². The van der Waals surface area contributed by atoms with Crippen molar-refractivity contribution in [2.75, 3.05) is 13.7 Å². The van der Waals surface area contributed by atoms with Crippen LogP contribution in [-0.2, 0) is 13.0 Å². The third-order valence-electron chi connectivity index (χ3n) is 6.91. The van der Waals surface area contributed by atoms with Crippen LogP contribution < -0.4 is 15.4 Å². The predicted molar refractivity (Wildman–Crippen MR) is 160 cm³/mol. The summed E-state index contributed by atoms with van der Waals surface area (Å²) >= 11 is 0. The van der Waals surface area contributed by atoms with Crippen molar-refractivity contribution < 1.29 is 28.2 Å². The lowest BCUT2D eigenvalue weighted by Crippen LogP contribution is -2.48. The molecular formula is C33H41F2N3O4. The van der Waals surface area contributed by atoms with Crippen LogP contribution in [0.3, 0.4) is 0 Å². The molecule has 0 unspecified atom stereocenters. The van der Waals surface area contributed by atoms with Gasteiger partial charge < -0.3 is 25.4 Å². The Bertz CT molecular complexity index is 1350. The molecular weight excluding hydrogens is 540 g/mol. The van der Waals surface area contributed by atoms with E-state index in [4.69, 9.17) is 4.74 Å². The number of ether oxygens (including phenoxy) is 1. The van der Waals surface area contributed by atoms with Gasteiger partial charge >= 0.3 is 0 Å². The highest BCUT2D eigenvalue weighted by Gasteiger charge is 2.26. The van der Waals surface area contributed by atoms with Crippen LogP contribution >= 0.6 is 0 Å². The molecule has 0 aliphatic carbocycles. The van der Waals surface area contributed by atoms with Crippen LogP contribution in [0, 0.1) is 18.6 Å². The van der Waals surface area contributed by atoms with Crippen molar-refractivity contribution >= 4 is 11.8 Å². The van der Waals surface area contributed by atoms with Gasteiger partial charge in [-0.25, -0.2) is 8.78 Å². The van der Waals surface area contributed by atoms with Gasteiger partial charge in [0.05, 0.1) is 19.3 Å². The van der Waals surface area contributed by atoms with Crippen molar-refractivity contribution in [1.29, 1.82) is 0 Å². The summed E-state index contributed by atoms with van der Waals surface area (Å²) in [5, 5.41) is 17.1. The Morgan fingerprint density at radius 1 is 0.905 bits per heavy atom. The summed E-state index contributed by atoms with van der Waals surface area (Å²) in [6, 6.07) is 14.6. The monoisotopic (exact) mass is 581 g/mol. The van der Waals surface area contributed by atoms with Gasteiger partial charge in [-0.2, -0.15) is 0 Å². The molecule has 0 saturated carbocycles. The molecule has 3 N–H and O–H groups in total. The van der Waals surface area contributed by atoms with Crippen LogP contribution in [0.5, 0.6) is 5.75 Å². The number of methoxy groups -OCH3 is 1. The van der Waals surface area contributed by atoms with Gasteiger partial charge in [-0.05, 0) is 100 Å². The minimum atomic E-state index is -1.10. The third kappa shape index (κ3) is 9.09. The molecule has 0 fully saturated rings. The lowest BCUT2D eigenvalue weighted by molar-refractivity contribution is 0.0643. The molecule has 0 heterocycles. The van der Waals surface area contributed by atoms with Gasteiger partial charge in [0.2, 0.25) is 0 Å². The molecule has 0 saturated heterocycles. The van der Waals surface area contributed by atoms with Crippen molar-refractivity contribution in [2.45, 2.75) is 71.8 Å². The molecule has 0 aliphatic rings. The Kier molecular flexibility index (Phi) is 11.6. The number of carbonyl (C=O) groups is 2. The van der Waals surface area contributed by atoms with Crippen LogP contribution in [0.25, 0.3) is 0 Å². The molecule has 2 atom stereocenters. The minimum Gasteiger partial charge on any atom is -0.497 e. The second-order valence-electron chi connectivity index (χ2n) is 11.1. The first kappa shape index (κ1) is 32.7. The smallest absolute Gasteiger partial charge is 0.254 e. The number of nitrogens with one attached hydrogen (secondary N) is 2. The van der Waals surface area contributed by atoms with Gasteiger partial charge in [-0.3, -0.25) is 9.59 Å². The molecule has 0 bridgehead atoms. The standard InChI is InChI=1S/C33H41F2N3O4/c1-20(2)38(21(3)4)33(41)26-11-22(5)10-25(16-26)32(40)37-30(15-24-12-27(34)17-28(35)13-24)31(39)19-36-18-23-8-7-9-29(14-23)42-6/h7-14,16-17,20-21,30-31,36,39H,15,18-19H2,1-6H3,(H,37,40)/t30-,31+/m0/s1. The van der Waals surface area contributed by atoms with E-state index < -0.39 is 29.7 Å². The van der Waals surface area contributed by atoms with Crippen LogP contribution in [0.15, 0.2) is 60.7 Å². The van der Waals surface area contributed by atoms with E-state index in [-0.39, 0.29) is 42.1 Å². The van der Waals surface area contributed by atoms with E-state index in [0.29, 0.717) is 17.9 Å². The quantitative estimate of drug-likeness (QED) is 0.263. The van der Waals surface area contributed by atoms with Gasteiger partial charge in [-0.15, -0.1) is 0 Å². The minimum absolute atomic E-state index is 0.0193. The number of aryl methyl sites for hydroxylation is 1. The van der Waals surface area contributed by atoms with E-state index in [0.717, 1.165) is 17.2 Å². The summed E-state index contributed by atoms with van der Waals surface area (Å²) in [5.41, 5.74) is 2.57. The van der Waals surface area contributed by atoms with Crippen molar-refractivity contribution in [2.24, 2.45) is 0 Å². The molecule has 226 valence electrons. The van der Waals surface area contributed by atoms with Gasteiger partial charge in [0, 0.05) is 42.4 Å². The van der Waals surface area contributed by atoms with Crippen LogP contribution in [-0.4, -0.2) is 59.7 Å². The molecule has 0 spiro atoms. The Hall–Kier alpha value is -3.82. The highest BCUT2D eigenvalue weighted by Crippen LogP contribution is 2.18. The van der Waals surface area contributed by atoms with E-state index in [1.807, 2.05) is 52.0 Å². The summed E-state index contributed by atoms with van der Waals surface area (Å²) < 4.78 is 33.2. The lowest BCUT2D eigenvalue weighted by atomic mass is 9.99. The molecule has 2 amide bonds. The first-order valence-corrected chi connectivity index (χ1v) is 14.1. The predicted octanol–water partition coefficient (Wildman–Crippen LogP) is 5.03. The average molecular weight is 582 g/mol. The molecule has 0 radical (unpaired) electrons. The van der Waals surface area contributed by atoms with Gasteiger partial charge in [0.1, 0.15) is 17.4 Å². The van der Waals surface area contributed by atoms with Crippen LogP contribution in [0.4, 0.5) is 8.78 Å². The number of amides is 2. The van der Waals surface area contributed by atoms with Crippen molar-refractivity contribution in [1.82, 2.24) is 15.5 Å². The molecule has 7 nitrogen and oxygen atoms in total. The largest absolute Gasteiger partial charge is 0.497 e. The van der Waals surface area contributed by atoms with Crippen LogP contribution in [0.2, 0.25) is 0 Å². The SMILES string of the molecule is COc1cccc(CNC[C@@H](O)[C@H](Cc2cc(F)cc(F)c2)NC(=O)c2cc(C)cc(C(=O)N(C(C)C)C(C)C)c2)c1. The molecule has 3 rings (SSSR count). The lowest BCUT2D eigenvalue weighted by Gasteiger charge is -2.31. The topological polar surface area (TPSA) is 90.9 Å². The number of rotatable bonds is 13. The maximum absolute atomic E-state index is 14.0. The molecule has 3 aromatic rings. The number of carbonyl (C=O) groups excluding carboxylic acids is 2. The van der Waals surface area contributed by atoms with Gasteiger partial charge in [0.15, 0.2) is 0 Å². The highest BCUT2D eigenvalue weighted by molar-refractivity contribution is 6.00. The zero-order valence-corrected chi connectivity index (χ0v) is 25.1. The summed E-state index contributed by atoms with van der Waals surface area (Å²) in [6.07, 6.45) is -1.12. The van der Waals surface area contributed by atoms with E-state index in [1.165, 1.54) is 18.2 Å². The summed E-state index contributed by atoms with van der Waals surface area (Å²) in [5.74, 6) is -1.49. The zero-order chi connectivity index (χ0) is 31.0. The van der Waals surface area contributed by atoms with E-state index in [1.54, 1.807) is 31.1 Å². The first-order valence-electron chi connectivity index (χ1n) is 14.1. The molecule has 9 heteroatoms. The number of hydrogen-bond acceptors (Lipinski definition) is 5. The zero-order valence-electron chi connectivity index (χ0n) is 25.1. The first-order chi connectivity index (χ1) is 19.9.